The van der Waals surface area contributed by atoms with E-state index in [1.54, 1.807) is 25.9 Å². The molecular weight excluding hydrogens is 168 g/mol. The van der Waals surface area contributed by atoms with E-state index in [0.717, 1.165) is 13.1 Å². The highest BCUT2D eigenvalue weighted by atomic mass is 16.5. The van der Waals surface area contributed by atoms with Gasteiger partial charge in [-0.1, -0.05) is 0 Å². The first-order valence-electron chi connectivity index (χ1n) is 4.52. The molecule has 1 rings (SSSR count). The van der Waals surface area contributed by atoms with E-state index in [-0.39, 0.29) is 5.91 Å². The predicted octanol–water partition coefficient (Wildman–Crippen LogP) is -0.158. The Labute approximate surface area is 79.2 Å². The Morgan fingerprint density at radius 3 is 2.38 bits per heavy atom. The first-order chi connectivity index (χ1) is 5.99. The topological polar surface area (TPSA) is 41.6 Å². The molecule has 1 aliphatic heterocycles. The lowest BCUT2D eigenvalue weighted by Crippen LogP contribution is -2.60. The van der Waals surface area contributed by atoms with Gasteiger partial charge in [0.2, 0.25) is 0 Å². The van der Waals surface area contributed by atoms with Gasteiger partial charge in [-0.05, 0) is 13.8 Å². The zero-order valence-corrected chi connectivity index (χ0v) is 8.76. The Bertz CT molecular complexity index is 200. The molecule has 0 bridgehead atoms. The van der Waals surface area contributed by atoms with Crippen molar-refractivity contribution in [3.63, 3.8) is 0 Å². The molecule has 76 valence electrons. The molecule has 0 atom stereocenters. The van der Waals surface area contributed by atoms with Crippen molar-refractivity contribution in [2.24, 2.45) is 0 Å². The fourth-order valence-corrected chi connectivity index (χ4v) is 1.23. The van der Waals surface area contributed by atoms with Gasteiger partial charge in [0, 0.05) is 27.2 Å². The van der Waals surface area contributed by atoms with Gasteiger partial charge in [-0.3, -0.25) is 4.79 Å². The van der Waals surface area contributed by atoms with Crippen LogP contribution in [0.15, 0.2) is 0 Å². The molecule has 4 nitrogen and oxygen atoms in total. The van der Waals surface area contributed by atoms with Gasteiger partial charge in [0.15, 0.2) is 0 Å². The molecule has 1 heterocycles. The van der Waals surface area contributed by atoms with Crippen molar-refractivity contribution in [2.75, 3.05) is 27.2 Å². The van der Waals surface area contributed by atoms with Crippen LogP contribution in [0.25, 0.3) is 0 Å². The number of carbonyl (C=O) groups excluding carboxylic acids is 1. The quantitative estimate of drug-likeness (QED) is 0.666. The maximum atomic E-state index is 11.8. The van der Waals surface area contributed by atoms with Crippen LogP contribution in [-0.2, 0) is 9.53 Å². The lowest BCUT2D eigenvalue weighted by atomic mass is 10.0. The standard InChI is InChI=1S/C9H18N2O2/c1-9(2,13-4)8(12)11(3)7-5-10-6-7/h7,10H,5-6H2,1-4H3. The van der Waals surface area contributed by atoms with Gasteiger partial charge in [-0.2, -0.15) is 0 Å². The van der Waals surface area contributed by atoms with Crippen LogP contribution in [0.2, 0.25) is 0 Å². The Morgan fingerprint density at radius 2 is 2.08 bits per heavy atom. The van der Waals surface area contributed by atoms with Crippen molar-refractivity contribution in [3.05, 3.63) is 0 Å². The summed E-state index contributed by atoms with van der Waals surface area (Å²) in [5, 5.41) is 3.13. The van der Waals surface area contributed by atoms with Gasteiger partial charge in [-0.15, -0.1) is 0 Å². The normalized spacial score (nSPS) is 18.2. The van der Waals surface area contributed by atoms with Crippen LogP contribution in [0, 0.1) is 0 Å². The molecule has 13 heavy (non-hydrogen) atoms. The number of amides is 1. The van der Waals surface area contributed by atoms with E-state index in [2.05, 4.69) is 5.32 Å². The van der Waals surface area contributed by atoms with E-state index in [1.807, 2.05) is 7.05 Å². The summed E-state index contributed by atoms with van der Waals surface area (Å²) in [6, 6.07) is 0.335. The Morgan fingerprint density at radius 1 is 1.54 bits per heavy atom. The zero-order valence-electron chi connectivity index (χ0n) is 8.76. The van der Waals surface area contributed by atoms with E-state index in [9.17, 15) is 4.79 Å². The summed E-state index contributed by atoms with van der Waals surface area (Å²) < 4.78 is 5.13. The third-order valence-corrected chi connectivity index (χ3v) is 2.65. The third kappa shape index (κ3) is 2.00. The van der Waals surface area contributed by atoms with E-state index >= 15 is 0 Å². The minimum Gasteiger partial charge on any atom is -0.369 e. The molecule has 0 aromatic rings. The lowest BCUT2D eigenvalue weighted by molar-refractivity contribution is -0.152. The minimum absolute atomic E-state index is 0.0431. The van der Waals surface area contributed by atoms with Crippen molar-refractivity contribution in [2.45, 2.75) is 25.5 Å². The molecule has 0 spiro atoms. The molecular formula is C9H18N2O2. The molecule has 0 saturated carbocycles. The number of nitrogens with one attached hydrogen (secondary N) is 1. The Kier molecular flexibility index (Phi) is 2.93. The van der Waals surface area contributed by atoms with Crippen molar-refractivity contribution in [1.82, 2.24) is 10.2 Å². The zero-order chi connectivity index (χ0) is 10.1. The van der Waals surface area contributed by atoms with E-state index in [1.165, 1.54) is 0 Å². The van der Waals surface area contributed by atoms with E-state index in [0.29, 0.717) is 6.04 Å². The molecule has 1 aliphatic rings. The molecule has 1 amide bonds. The third-order valence-electron chi connectivity index (χ3n) is 2.65. The smallest absolute Gasteiger partial charge is 0.254 e. The summed E-state index contributed by atoms with van der Waals surface area (Å²) in [7, 11) is 3.39. The number of hydrogen-bond donors (Lipinski definition) is 1. The summed E-state index contributed by atoms with van der Waals surface area (Å²) in [5.41, 5.74) is -0.704. The largest absolute Gasteiger partial charge is 0.369 e. The van der Waals surface area contributed by atoms with Crippen LogP contribution in [0.5, 0.6) is 0 Å². The fraction of sp³-hybridized carbons (Fsp3) is 0.889. The van der Waals surface area contributed by atoms with Gasteiger partial charge in [-0.25, -0.2) is 0 Å². The summed E-state index contributed by atoms with van der Waals surface area (Å²) in [4.78, 5) is 13.6. The SMILES string of the molecule is COC(C)(C)C(=O)N(C)C1CNC1. The second-order valence-corrected chi connectivity index (χ2v) is 3.94. The summed E-state index contributed by atoms with van der Waals surface area (Å²) in [6.07, 6.45) is 0. The van der Waals surface area contributed by atoms with Crippen LogP contribution >= 0.6 is 0 Å². The summed E-state index contributed by atoms with van der Waals surface area (Å²) >= 11 is 0. The molecule has 1 N–H and O–H groups in total. The second-order valence-electron chi connectivity index (χ2n) is 3.94. The van der Waals surface area contributed by atoms with E-state index in [4.69, 9.17) is 4.74 Å². The van der Waals surface area contributed by atoms with Crippen LogP contribution in [-0.4, -0.2) is 49.7 Å². The molecule has 0 aromatic heterocycles. The fourth-order valence-electron chi connectivity index (χ4n) is 1.23. The first-order valence-corrected chi connectivity index (χ1v) is 4.52. The number of hydrogen-bond acceptors (Lipinski definition) is 3. The summed E-state index contributed by atoms with van der Waals surface area (Å²) in [5.74, 6) is 0.0431. The van der Waals surface area contributed by atoms with Crippen LogP contribution in [0.1, 0.15) is 13.8 Å². The van der Waals surface area contributed by atoms with Crippen LogP contribution < -0.4 is 5.32 Å². The number of carbonyl (C=O) groups is 1. The first kappa shape index (κ1) is 10.5. The van der Waals surface area contributed by atoms with Gasteiger partial charge < -0.3 is 15.0 Å². The Hall–Kier alpha value is -0.610. The maximum absolute atomic E-state index is 11.8. The monoisotopic (exact) mass is 186 g/mol. The lowest BCUT2D eigenvalue weighted by Gasteiger charge is -2.39. The van der Waals surface area contributed by atoms with E-state index < -0.39 is 5.60 Å². The van der Waals surface area contributed by atoms with Crippen molar-refractivity contribution in [1.29, 1.82) is 0 Å². The second kappa shape index (κ2) is 3.64. The van der Waals surface area contributed by atoms with Crippen LogP contribution in [0.4, 0.5) is 0 Å². The molecule has 0 aromatic carbocycles. The molecule has 0 radical (unpaired) electrons. The van der Waals surface area contributed by atoms with Crippen LogP contribution in [0.3, 0.4) is 0 Å². The number of rotatable bonds is 3. The van der Waals surface area contributed by atoms with Gasteiger partial charge in [0.05, 0.1) is 6.04 Å². The highest BCUT2D eigenvalue weighted by molar-refractivity contribution is 5.84. The van der Waals surface area contributed by atoms with Gasteiger partial charge >= 0.3 is 0 Å². The maximum Gasteiger partial charge on any atom is 0.254 e. The molecule has 0 unspecified atom stereocenters. The molecule has 4 heteroatoms. The summed E-state index contributed by atoms with van der Waals surface area (Å²) in [6.45, 7) is 5.36. The number of ether oxygens (including phenoxy) is 1. The van der Waals surface area contributed by atoms with Crippen molar-refractivity contribution < 1.29 is 9.53 Å². The number of likely N-dealkylation sites (N-methyl/N-ethyl adjacent to an activating group) is 1. The Balaban J connectivity index is 2.55. The van der Waals surface area contributed by atoms with Crippen molar-refractivity contribution in [3.8, 4) is 0 Å². The minimum atomic E-state index is -0.704. The average molecular weight is 186 g/mol. The highest BCUT2D eigenvalue weighted by Gasteiger charge is 2.35. The van der Waals surface area contributed by atoms with Gasteiger partial charge in [0.1, 0.15) is 5.60 Å². The van der Waals surface area contributed by atoms with Gasteiger partial charge in [0.25, 0.3) is 5.91 Å². The number of nitrogens with zero attached hydrogens (tertiary/aromatic N) is 1. The highest BCUT2D eigenvalue weighted by Crippen LogP contribution is 2.14. The average Bonchev–Trinajstić information content (AvgIpc) is 1.99. The van der Waals surface area contributed by atoms with Crippen molar-refractivity contribution >= 4 is 5.91 Å². The molecule has 0 aliphatic carbocycles. The molecule has 1 saturated heterocycles. The predicted molar refractivity (Wildman–Crippen MR) is 50.5 cm³/mol. The molecule has 1 fully saturated rings. The number of methoxy groups -OCH3 is 1.